The lowest BCUT2D eigenvalue weighted by molar-refractivity contribution is -0.122. The molecule has 0 atom stereocenters. The van der Waals surface area contributed by atoms with Crippen molar-refractivity contribution in [3.63, 3.8) is 0 Å². The fourth-order valence-electron chi connectivity index (χ4n) is 1.32. The SMILES string of the molecule is O=C(NCCn1cccc1)C1CC1. The lowest BCUT2D eigenvalue weighted by Crippen LogP contribution is -2.28. The molecule has 1 saturated carbocycles. The zero-order chi connectivity index (χ0) is 9.10. The third-order valence-corrected chi connectivity index (χ3v) is 2.28. The minimum atomic E-state index is 0.229. The Morgan fingerprint density at radius 2 is 2.08 bits per heavy atom. The molecule has 13 heavy (non-hydrogen) atoms. The van der Waals surface area contributed by atoms with Crippen LogP contribution >= 0.6 is 0 Å². The van der Waals surface area contributed by atoms with Crippen molar-refractivity contribution in [2.75, 3.05) is 6.54 Å². The molecular weight excluding hydrogens is 164 g/mol. The smallest absolute Gasteiger partial charge is 0.223 e. The second-order valence-corrected chi connectivity index (χ2v) is 3.49. The number of rotatable bonds is 4. The van der Waals surface area contributed by atoms with E-state index in [9.17, 15) is 4.79 Å². The summed E-state index contributed by atoms with van der Waals surface area (Å²) in [6.45, 7) is 1.61. The molecule has 1 heterocycles. The monoisotopic (exact) mass is 178 g/mol. The second-order valence-electron chi connectivity index (χ2n) is 3.49. The van der Waals surface area contributed by atoms with E-state index in [-0.39, 0.29) is 5.91 Å². The van der Waals surface area contributed by atoms with Crippen LogP contribution < -0.4 is 5.32 Å². The van der Waals surface area contributed by atoms with Gasteiger partial charge in [0, 0.05) is 31.4 Å². The Morgan fingerprint density at radius 1 is 1.38 bits per heavy atom. The predicted octanol–water partition coefficient (Wildman–Crippen LogP) is 1.01. The second kappa shape index (κ2) is 3.64. The van der Waals surface area contributed by atoms with E-state index < -0.39 is 0 Å². The van der Waals surface area contributed by atoms with Crippen LogP contribution in [0.3, 0.4) is 0 Å². The highest BCUT2D eigenvalue weighted by Crippen LogP contribution is 2.28. The van der Waals surface area contributed by atoms with Crippen molar-refractivity contribution >= 4 is 5.91 Å². The number of aromatic nitrogens is 1. The molecule has 1 aromatic rings. The Kier molecular flexibility index (Phi) is 2.34. The molecular formula is C10H14N2O. The summed E-state index contributed by atoms with van der Waals surface area (Å²) >= 11 is 0. The summed E-state index contributed by atoms with van der Waals surface area (Å²) in [5, 5.41) is 2.92. The summed E-state index contributed by atoms with van der Waals surface area (Å²) < 4.78 is 2.06. The molecule has 70 valence electrons. The van der Waals surface area contributed by atoms with Crippen LogP contribution in [0.1, 0.15) is 12.8 Å². The van der Waals surface area contributed by atoms with Crippen molar-refractivity contribution < 1.29 is 4.79 Å². The third kappa shape index (κ3) is 2.34. The molecule has 1 aromatic heterocycles. The van der Waals surface area contributed by atoms with E-state index in [0.717, 1.165) is 25.9 Å². The molecule has 3 heteroatoms. The molecule has 3 nitrogen and oxygen atoms in total. The molecule has 2 rings (SSSR count). The molecule has 0 aromatic carbocycles. The first kappa shape index (κ1) is 8.35. The molecule has 0 saturated heterocycles. The Balaban J connectivity index is 1.66. The van der Waals surface area contributed by atoms with Gasteiger partial charge in [0.15, 0.2) is 0 Å². The first-order valence-electron chi connectivity index (χ1n) is 4.75. The lowest BCUT2D eigenvalue weighted by atomic mass is 10.4. The normalized spacial score (nSPS) is 15.7. The van der Waals surface area contributed by atoms with Crippen molar-refractivity contribution in [2.24, 2.45) is 5.92 Å². The van der Waals surface area contributed by atoms with Gasteiger partial charge in [0.25, 0.3) is 0 Å². The van der Waals surface area contributed by atoms with Crippen molar-refractivity contribution in [1.29, 1.82) is 0 Å². The number of hydrogen-bond acceptors (Lipinski definition) is 1. The summed E-state index contributed by atoms with van der Waals surface area (Å²) in [5.74, 6) is 0.553. The van der Waals surface area contributed by atoms with E-state index in [1.54, 1.807) is 0 Å². The van der Waals surface area contributed by atoms with Gasteiger partial charge in [-0.15, -0.1) is 0 Å². The van der Waals surface area contributed by atoms with Crippen LogP contribution in [0.5, 0.6) is 0 Å². The maximum absolute atomic E-state index is 11.2. The first-order chi connectivity index (χ1) is 6.36. The molecule has 1 amide bonds. The van der Waals surface area contributed by atoms with E-state index in [1.165, 1.54) is 0 Å². The number of amides is 1. The van der Waals surface area contributed by atoms with Crippen molar-refractivity contribution in [1.82, 2.24) is 9.88 Å². The highest BCUT2D eigenvalue weighted by Gasteiger charge is 2.28. The largest absolute Gasteiger partial charge is 0.354 e. The maximum Gasteiger partial charge on any atom is 0.223 e. The maximum atomic E-state index is 11.2. The lowest BCUT2D eigenvalue weighted by Gasteiger charge is -2.04. The molecule has 0 radical (unpaired) electrons. The highest BCUT2D eigenvalue weighted by atomic mass is 16.2. The van der Waals surface area contributed by atoms with Gasteiger partial charge in [0.05, 0.1) is 0 Å². The average molecular weight is 178 g/mol. The van der Waals surface area contributed by atoms with Gasteiger partial charge < -0.3 is 9.88 Å². The van der Waals surface area contributed by atoms with Gasteiger partial charge in [-0.1, -0.05) is 0 Å². The zero-order valence-electron chi connectivity index (χ0n) is 7.57. The molecule has 0 unspecified atom stereocenters. The number of carbonyl (C=O) groups is 1. The topological polar surface area (TPSA) is 34.0 Å². The van der Waals surface area contributed by atoms with Crippen LogP contribution in [0.25, 0.3) is 0 Å². The molecule has 1 fully saturated rings. The van der Waals surface area contributed by atoms with Gasteiger partial charge in [-0.25, -0.2) is 0 Å². The van der Waals surface area contributed by atoms with E-state index in [4.69, 9.17) is 0 Å². The summed E-state index contributed by atoms with van der Waals surface area (Å²) in [7, 11) is 0. The van der Waals surface area contributed by atoms with Crippen LogP contribution in [0, 0.1) is 5.92 Å². The molecule has 1 aliphatic rings. The van der Waals surface area contributed by atoms with Gasteiger partial charge >= 0.3 is 0 Å². The van der Waals surface area contributed by atoms with E-state index in [0.29, 0.717) is 5.92 Å². The quantitative estimate of drug-likeness (QED) is 0.733. The van der Waals surface area contributed by atoms with Crippen LogP contribution in [0.2, 0.25) is 0 Å². The minimum absolute atomic E-state index is 0.229. The van der Waals surface area contributed by atoms with Gasteiger partial charge in [-0.05, 0) is 25.0 Å². The predicted molar refractivity (Wildman–Crippen MR) is 50.2 cm³/mol. The third-order valence-electron chi connectivity index (χ3n) is 2.28. The van der Waals surface area contributed by atoms with Gasteiger partial charge in [0.2, 0.25) is 5.91 Å². The Bertz CT molecular complexity index is 275. The van der Waals surface area contributed by atoms with Crippen LogP contribution in [0.15, 0.2) is 24.5 Å². The molecule has 0 spiro atoms. The fraction of sp³-hybridized carbons (Fsp3) is 0.500. The van der Waals surface area contributed by atoms with E-state index >= 15 is 0 Å². The van der Waals surface area contributed by atoms with Crippen molar-refractivity contribution in [3.8, 4) is 0 Å². The Labute approximate surface area is 77.7 Å². The summed E-state index contributed by atoms with van der Waals surface area (Å²) in [6.07, 6.45) is 6.16. The molecule has 1 aliphatic carbocycles. The van der Waals surface area contributed by atoms with Crippen LogP contribution in [-0.4, -0.2) is 17.0 Å². The summed E-state index contributed by atoms with van der Waals surface area (Å²) in [5.41, 5.74) is 0. The Morgan fingerprint density at radius 3 is 2.69 bits per heavy atom. The van der Waals surface area contributed by atoms with Crippen LogP contribution in [-0.2, 0) is 11.3 Å². The highest BCUT2D eigenvalue weighted by molar-refractivity contribution is 5.80. The van der Waals surface area contributed by atoms with E-state index in [1.807, 2.05) is 24.5 Å². The molecule has 0 aliphatic heterocycles. The first-order valence-corrected chi connectivity index (χ1v) is 4.75. The zero-order valence-corrected chi connectivity index (χ0v) is 7.57. The van der Waals surface area contributed by atoms with Crippen LogP contribution in [0.4, 0.5) is 0 Å². The Hall–Kier alpha value is -1.25. The summed E-state index contributed by atoms with van der Waals surface area (Å²) in [4.78, 5) is 11.2. The molecule has 0 bridgehead atoms. The molecule has 1 N–H and O–H groups in total. The standard InChI is InChI=1S/C10H14N2O/c13-10(9-3-4-9)11-5-8-12-6-1-2-7-12/h1-2,6-7,9H,3-5,8H2,(H,11,13). The van der Waals surface area contributed by atoms with Crippen molar-refractivity contribution in [3.05, 3.63) is 24.5 Å². The summed E-state index contributed by atoms with van der Waals surface area (Å²) in [6, 6.07) is 3.98. The van der Waals surface area contributed by atoms with Crippen molar-refractivity contribution in [2.45, 2.75) is 19.4 Å². The fourth-order valence-corrected chi connectivity index (χ4v) is 1.32. The number of hydrogen-bond donors (Lipinski definition) is 1. The minimum Gasteiger partial charge on any atom is -0.354 e. The van der Waals surface area contributed by atoms with Gasteiger partial charge in [-0.2, -0.15) is 0 Å². The number of nitrogens with one attached hydrogen (secondary N) is 1. The van der Waals surface area contributed by atoms with Gasteiger partial charge in [0.1, 0.15) is 0 Å². The number of carbonyl (C=O) groups excluding carboxylic acids is 1. The number of nitrogens with zero attached hydrogens (tertiary/aromatic N) is 1. The van der Waals surface area contributed by atoms with E-state index in [2.05, 4.69) is 9.88 Å². The van der Waals surface area contributed by atoms with Gasteiger partial charge in [-0.3, -0.25) is 4.79 Å². The average Bonchev–Trinajstić information content (AvgIpc) is 2.86.